The predicted molar refractivity (Wildman–Crippen MR) is 73.5 cm³/mol. The summed E-state index contributed by atoms with van der Waals surface area (Å²) in [4.78, 5) is 11.8. The molecule has 0 bridgehead atoms. The first kappa shape index (κ1) is 15.6. The molecular weight excluding hydrogens is 245 g/mol. The van der Waals surface area contributed by atoms with Gasteiger partial charge in [0.15, 0.2) is 0 Å². The van der Waals surface area contributed by atoms with E-state index >= 15 is 0 Å². The third-order valence-electron chi connectivity index (χ3n) is 2.72. The van der Waals surface area contributed by atoms with Gasteiger partial charge in [0.2, 0.25) is 0 Å². The molecule has 0 aliphatic carbocycles. The monoisotopic (exact) mass is 267 g/mol. The number of nitrogens with one attached hydrogen (secondary N) is 1. The van der Waals surface area contributed by atoms with Crippen molar-refractivity contribution in [2.75, 3.05) is 6.54 Å². The van der Waals surface area contributed by atoms with Gasteiger partial charge in [0.1, 0.15) is 5.82 Å². The maximum absolute atomic E-state index is 13.6. The number of carbonyl (C=O) groups excluding carboxylic acids is 1. The van der Waals surface area contributed by atoms with Gasteiger partial charge in [-0.3, -0.25) is 4.79 Å². The van der Waals surface area contributed by atoms with E-state index in [1.54, 1.807) is 13.0 Å². The highest BCUT2D eigenvalue weighted by Crippen LogP contribution is 2.20. The molecule has 0 aliphatic rings. The number of hydrogen-bond acceptors (Lipinski definition) is 2. The molecule has 4 heteroatoms. The smallest absolute Gasteiger partial charge is 0.254 e. The van der Waals surface area contributed by atoms with E-state index in [-0.39, 0.29) is 17.5 Å². The summed E-state index contributed by atoms with van der Waals surface area (Å²) in [6.07, 6.45) is -0.0543. The topological polar surface area (TPSA) is 49.3 Å². The Morgan fingerprint density at radius 1 is 1.42 bits per heavy atom. The third kappa shape index (κ3) is 5.39. The fourth-order valence-electron chi connectivity index (χ4n) is 1.89. The van der Waals surface area contributed by atoms with Gasteiger partial charge in [-0.2, -0.15) is 0 Å². The molecule has 0 aliphatic heterocycles. The van der Waals surface area contributed by atoms with E-state index in [9.17, 15) is 14.3 Å². The predicted octanol–water partition coefficient (Wildman–Crippen LogP) is 2.66. The Morgan fingerprint density at radius 2 is 2.05 bits per heavy atom. The van der Waals surface area contributed by atoms with Crippen molar-refractivity contribution in [1.29, 1.82) is 0 Å². The number of rotatable bonds is 4. The number of benzene rings is 1. The minimum atomic E-state index is -0.627. The lowest BCUT2D eigenvalue weighted by atomic mass is 9.89. The van der Waals surface area contributed by atoms with Crippen molar-refractivity contribution in [3.8, 4) is 0 Å². The van der Waals surface area contributed by atoms with E-state index in [1.807, 2.05) is 20.8 Å². The molecule has 0 heterocycles. The molecule has 0 aromatic heterocycles. The van der Waals surface area contributed by atoms with Crippen molar-refractivity contribution in [3.05, 3.63) is 35.1 Å². The normalized spacial score (nSPS) is 13.2. The van der Waals surface area contributed by atoms with Crippen LogP contribution in [0.15, 0.2) is 18.2 Å². The summed E-state index contributed by atoms with van der Waals surface area (Å²) in [5, 5.41) is 12.3. The second-order valence-corrected chi connectivity index (χ2v) is 6.11. The first-order valence-electron chi connectivity index (χ1n) is 6.41. The molecule has 19 heavy (non-hydrogen) atoms. The lowest BCUT2D eigenvalue weighted by Crippen LogP contribution is -2.34. The van der Waals surface area contributed by atoms with Crippen LogP contribution >= 0.6 is 0 Å². The van der Waals surface area contributed by atoms with Crippen LogP contribution in [0.1, 0.15) is 43.1 Å². The van der Waals surface area contributed by atoms with Gasteiger partial charge >= 0.3 is 0 Å². The van der Waals surface area contributed by atoms with Crippen LogP contribution in [0.3, 0.4) is 0 Å². The first-order valence-corrected chi connectivity index (χ1v) is 6.41. The summed E-state index contributed by atoms with van der Waals surface area (Å²) in [6, 6.07) is 4.46. The maximum atomic E-state index is 13.6. The summed E-state index contributed by atoms with van der Waals surface area (Å²) in [5.41, 5.74) is 0.759. The van der Waals surface area contributed by atoms with Gasteiger partial charge in [-0.1, -0.05) is 26.8 Å². The molecule has 3 nitrogen and oxygen atoms in total. The van der Waals surface area contributed by atoms with Crippen molar-refractivity contribution >= 4 is 5.91 Å². The van der Waals surface area contributed by atoms with Gasteiger partial charge in [-0.25, -0.2) is 4.39 Å². The van der Waals surface area contributed by atoms with Crippen molar-refractivity contribution in [1.82, 2.24) is 5.32 Å². The Labute approximate surface area is 113 Å². The Kier molecular flexibility index (Phi) is 5.06. The summed E-state index contributed by atoms with van der Waals surface area (Å²) in [6.45, 7) is 7.92. The second-order valence-electron chi connectivity index (χ2n) is 6.11. The van der Waals surface area contributed by atoms with Gasteiger partial charge in [0.25, 0.3) is 5.91 Å². The van der Waals surface area contributed by atoms with Crippen LogP contribution in [0, 0.1) is 18.2 Å². The number of carbonyl (C=O) groups is 1. The third-order valence-corrected chi connectivity index (χ3v) is 2.72. The van der Waals surface area contributed by atoms with Crippen LogP contribution < -0.4 is 5.32 Å². The zero-order valence-electron chi connectivity index (χ0n) is 12.0. The molecule has 1 aromatic rings. The van der Waals surface area contributed by atoms with Crippen LogP contribution in [0.2, 0.25) is 0 Å². The molecule has 1 amide bonds. The van der Waals surface area contributed by atoms with Crippen LogP contribution in [-0.2, 0) is 0 Å². The van der Waals surface area contributed by atoms with Crippen molar-refractivity contribution in [3.63, 3.8) is 0 Å². The lowest BCUT2D eigenvalue weighted by molar-refractivity contribution is 0.0865. The van der Waals surface area contributed by atoms with Gasteiger partial charge in [-0.05, 0) is 36.5 Å². The fraction of sp³-hybridized carbons (Fsp3) is 0.533. The minimum absolute atomic E-state index is 0.00792. The van der Waals surface area contributed by atoms with Crippen LogP contribution in [-0.4, -0.2) is 23.7 Å². The van der Waals surface area contributed by atoms with E-state index < -0.39 is 17.8 Å². The molecule has 106 valence electrons. The van der Waals surface area contributed by atoms with Crippen LogP contribution in [0.5, 0.6) is 0 Å². The zero-order valence-corrected chi connectivity index (χ0v) is 12.0. The molecule has 1 rings (SSSR count). The number of aliphatic hydroxyl groups is 1. The number of amides is 1. The standard InChI is InChI=1S/C15H22FNO2/c1-10-5-6-12(13(16)7-10)14(19)17-9-11(18)8-15(2,3)4/h5-7,11,18H,8-9H2,1-4H3,(H,17,19). The molecule has 1 atom stereocenters. The van der Waals surface area contributed by atoms with Crippen molar-refractivity contribution < 1.29 is 14.3 Å². The highest BCUT2D eigenvalue weighted by Gasteiger charge is 2.18. The van der Waals surface area contributed by atoms with Crippen molar-refractivity contribution in [2.45, 2.75) is 40.2 Å². The summed E-state index contributed by atoms with van der Waals surface area (Å²) >= 11 is 0. The quantitative estimate of drug-likeness (QED) is 0.881. The number of hydrogen-bond donors (Lipinski definition) is 2. The SMILES string of the molecule is Cc1ccc(C(=O)NCC(O)CC(C)(C)C)c(F)c1. The summed E-state index contributed by atoms with van der Waals surface area (Å²) < 4.78 is 13.6. The largest absolute Gasteiger partial charge is 0.391 e. The molecule has 0 radical (unpaired) electrons. The number of aliphatic hydroxyl groups excluding tert-OH is 1. The average Bonchev–Trinajstić information content (AvgIpc) is 2.23. The van der Waals surface area contributed by atoms with Crippen LogP contribution in [0.4, 0.5) is 4.39 Å². The second kappa shape index (κ2) is 6.15. The Balaban J connectivity index is 2.56. The van der Waals surface area contributed by atoms with Crippen molar-refractivity contribution in [2.24, 2.45) is 5.41 Å². The number of aryl methyl sites for hydroxylation is 1. The molecule has 2 N–H and O–H groups in total. The molecule has 1 unspecified atom stereocenters. The van der Waals surface area contributed by atoms with E-state index in [2.05, 4.69) is 5.32 Å². The van der Waals surface area contributed by atoms with E-state index in [4.69, 9.17) is 0 Å². The highest BCUT2D eigenvalue weighted by atomic mass is 19.1. The molecule has 0 spiro atoms. The number of halogens is 1. The average molecular weight is 267 g/mol. The molecular formula is C15H22FNO2. The zero-order chi connectivity index (χ0) is 14.6. The van der Waals surface area contributed by atoms with Gasteiger partial charge in [0, 0.05) is 6.54 Å². The molecule has 1 aromatic carbocycles. The first-order chi connectivity index (χ1) is 8.69. The molecule has 0 saturated heterocycles. The molecule has 0 fully saturated rings. The Hall–Kier alpha value is -1.42. The fourth-order valence-corrected chi connectivity index (χ4v) is 1.89. The van der Waals surface area contributed by atoms with E-state index in [0.29, 0.717) is 6.42 Å². The Morgan fingerprint density at radius 3 is 2.58 bits per heavy atom. The van der Waals surface area contributed by atoms with E-state index in [1.165, 1.54) is 12.1 Å². The van der Waals surface area contributed by atoms with Gasteiger partial charge in [-0.15, -0.1) is 0 Å². The molecule has 0 saturated carbocycles. The van der Waals surface area contributed by atoms with Gasteiger partial charge < -0.3 is 10.4 Å². The van der Waals surface area contributed by atoms with Crippen LogP contribution in [0.25, 0.3) is 0 Å². The minimum Gasteiger partial charge on any atom is -0.391 e. The Bertz CT molecular complexity index is 452. The lowest BCUT2D eigenvalue weighted by Gasteiger charge is -2.22. The van der Waals surface area contributed by atoms with E-state index in [0.717, 1.165) is 5.56 Å². The summed E-state index contributed by atoms with van der Waals surface area (Å²) in [7, 11) is 0. The highest BCUT2D eigenvalue weighted by molar-refractivity contribution is 5.94. The van der Waals surface area contributed by atoms with Gasteiger partial charge in [0.05, 0.1) is 11.7 Å². The maximum Gasteiger partial charge on any atom is 0.254 e. The summed E-state index contributed by atoms with van der Waals surface area (Å²) in [5.74, 6) is -1.03.